The van der Waals surface area contributed by atoms with E-state index in [9.17, 15) is 9.59 Å². The highest BCUT2D eigenvalue weighted by Crippen LogP contribution is 2.24. The lowest BCUT2D eigenvalue weighted by molar-refractivity contribution is -0.122. The van der Waals surface area contributed by atoms with Crippen LogP contribution in [0.15, 0.2) is 36.4 Å². The van der Waals surface area contributed by atoms with Gasteiger partial charge < -0.3 is 15.4 Å². The Balaban J connectivity index is 2.02. The van der Waals surface area contributed by atoms with E-state index in [1.54, 1.807) is 19.1 Å². The van der Waals surface area contributed by atoms with E-state index in [2.05, 4.69) is 24.5 Å². The van der Waals surface area contributed by atoms with E-state index in [-0.39, 0.29) is 11.8 Å². The smallest absolute Gasteiger partial charge is 0.265 e. The number of hydrogen-bond donors (Lipinski definition) is 2. The number of benzene rings is 2. The molecular weight excluding hydrogens is 340 g/mol. The first kappa shape index (κ1) is 20.5. The van der Waals surface area contributed by atoms with Crippen molar-refractivity contribution in [3.05, 3.63) is 53.1 Å². The van der Waals surface area contributed by atoms with Crippen LogP contribution in [0.2, 0.25) is 0 Å². The predicted octanol–water partition coefficient (Wildman–Crippen LogP) is 4.79. The molecule has 0 aliphatic carbocycles. The van der Waals surface area contributed by atoms with Crippen molar-refractivity contribution in [2.24, 2.45) is 0 Å². The second-order valence-corrected chi connectivity index (χ2v) is 7.13. The van der Waals surface area contributed by atoms with E-state index in [0.29, 0.717) is 17.4 Å². The summed E-state index contributed by atoms with van der Waals surface area (Å²) < 4.78 is 5.80. The molecule has 2 N–H and O–H groups in total. The third-order valence-electron chi connectivity index (χ3n) is 4.35. The number of hydrogen-bond acceptors (Lipinski definition) is 3. The van der Waals surface area contributed by atoms with Crippen molar-refractivity contribution in [2.75, 3.05) is 10.6 Å². The van der Waals surface area contributed by atoms with Crippen LogP contribution in [0.5, 0.6) is 5.75 Å². The predicted molar refractivity (Wildman–Crippen MR) is 109 cm³/mol. The molecule has 0 radical (unpaired) electrons. The molecule has 0 aliphatic heterocycles. The van der Waals surface area contributed by atoms with Crippen molar-refractivity contribution in [1.29, 1.82) is 0 Å². The van der Waals surface area contributed by atoms with Gasteiger partial charge in [-0.15, -0.1) is 0 Å². The van der Waals surface area contributed by atoms with Gasteiger partial charge in [0.05, 0.1) is 0 Å². The van der Waals surface area contributed by atoms with Crippen LogP contribution >= 0.6 is 0 Å². The van der Waals surface area contributed by atoms with Crippen molar-refractivity contribution >= 4 is 23.2 Å². The number of carbonyl (C=O) groups excluding carboxylic acids is 2. The van der Waals surface area contributed by atoms with Crippen molar-refractivity contribution < 1.29 is 14.3 Å². The van der Waals surface area contributed by atoms with E-state index in [1.807, 2.05) is 38.1 Å². The highest BCUT2D eigenvalue weighted by molar-refractivity contribution is 5.95. The summed E-state index contributed by atoms with van der Waals surface area (Å²) in [5, 5.41) is 5.60. The fraction of sp³-hybridized carbons (Fsp3) is 0.364. The van der Waals surface area contributed by atoms with Crippen LogP contribution < -0.4 is 15.4 Å². The molecular formula is C22H28N2O3. The van der Waals surface area contributed by atoms with Gasteiger partial charge in [-0.3, -0.25) is 9.59 Å². The topological polar surface area (TPSA) is 67.4 Å². The fourth-order valence-electron chi connectivity index (χ4n) is 2.94. The number of amides is 2. The van der Waals surface area contributed by atoms with Gasteiger partial charge in [0, 0.05) is 18.3 Å². The Morgan fingerprint density at radius 2 is 1.63 bits per heavy atom. The van der Waals surface area contributed by atoms with E-state index in [0.717, 1.165) is 16.8 Å². The molecule has 2 aromatic carbocycles. The Morgan fingerprint density at radius 3 is 2.19 bits per heavy atom. The minimum absolute atomic E-state index is 0.129. The molecule has 0 spiro atoms. The lowest BCUT2D eigenvalue weighted by atomic mass is 9.98. The van der Waals surface area contributed by atoms with Gasteiger partial charge in [0.1, 0.15) is 5.75 Å². The maximum Gasteiger partial charge on any atom is 0.265 e. The molecule has 0 bridgehead atoms. The molecule has 0 saturated carbocycles. The number of rotatable bonds is 6. The van der Waals surface area contributed by atoms with E-state index in [4.69, 9.17) is 4.74 Å². The zero-order chi connectivity index (χ0) is 20.1. The second kappa shape index (κ2) is 8.71. The summed E-state index contributed by atoms with van der Waals surface area (Å²) in [6, 6.07) is 11.3. The molecule has 2 aromatic rings. The van der Waals surface area contributed by atoms with Crippen LogP contribution in [0.4, 0.5) is 11.4 Å². The summed E-state index contributed by atoms with van der Waals surface area (Å²) in [5.41, 5.74) is 4.68. The van der Waals surface area contributed by atoms with Crippen LogP contribution in [-0.2, 0) is 9.59 Å². The summed E-state index contributed by atoms with van der Waals surface area (Å²) in [6.45, 7) is 11.4. The van der Waals surface area contributed by atoms with Gasteiger partial charge >= 0.3 is 0 Å². The standard InChI is InChI=1S/C22H28N2O3/c1-13(2)20-9-8-19(12-14(20)3)27-16(5)22(26)24-18-7-10-21(15(4)11-18)23-17(6)25/h7-13,16H,1-6H3,(H,23,25)(H,24,26)/t16-/m0/s1. The number of aryl methyl sites for hydroxylation is 2. The Morgan fingerprint density at radius 1 is 0.926 bits per heavy atom. The van der Waals surface area contributed by atoms with Crippen LogP contribution in [-0.4, -0.2) is 17.9 Å². The van der Waals surface area contributed by atoms with Gasteiger partial charge in [-0.25, -0.2) is 0 Å². The summed E-state index contributed by atoms with van der Waals surface area (Å²) in [7, 11) is 0. The van der Waals surface area contributed by atoms with E-state index in [1.165, 1.54) is 12.5 Å². The maximum atomic E-state index is 12.4. The molecule has 0 fully saturated rings. The lowest BCUT2D eigenvalue weighted by Crippen LogP contribution is -2.30. The van der Waals surface area contributed by atoms with Gasteiger partial charge in [-0.1, -0.05) is 19.9 Å². The largest absolute Gasteiger partial charge is 0.481 e. The molecule has 0 saturated heterocycles. The zero-order valence-electron chi connectivity index (χ0n) is 16.8. The van der Waals surface area contributed by atoms with Crippen LogP contribution in [0, 0.1) is 13.8 Å². The van der Waals surface area contributed by atoms with Crippen molar-refractivity contribution in [1.82, 2.24) is 0 Å². The van der Waals surface area contributed by atoms with E-state index < -0.39 is 6.10 Å². The highest BCUT2D eigenvalue weighted by atomic mass is 16.5. The Kier molecular flexibility index (Phi) is 6.61. The van der Waals surface area contributed by atoms with Gasteiger partial charge in [-0.05, 0) is 73.7 Å². The third-order valence-corrected chi connectivity index (χ3v) is 4.35. The van der Waals surface area contributed by atoms with Crippen molar-refractivity contribution in [3.63, 3.8) is 0 Å². The van der Waals surface area contributed by atoms with Gasteiger partial charge in [0.15, 0.2) is 6.10 Å². The van der Waals surface area contributed by atoms with Crippen molar-refractivity contribution in [3.8, 4) is 5.75 Å². The fourth-order valence-corrected chi connectivity index (χ4v) is 2.94. The normalized spacial score (nSPS) is 11.8. The molecule has 2 amide bonds. The van der Waals surface area contributed by atoms with Gasteiger partial charge in [-0.2, -0.15) is 0 Å². The first-order chi connectivity index (χ1) is 12.7. The molecule has 5 nitrogen and oxygen atoms in total. The second-order valence-electron chi connectivity index (χ2n) is 7.13. The summed E-state index contributed by atoms with van der Waals surface area (Å²) in [4.78, 5) is 23.6. The molecule has 5 heteroatoms. The molecule has 1 atom stereocenters. The lowest BCUT2D eigenvalue weighted by Gasteiger charge is -2.17. The quantitative estimate of drug-likeness (QED) is 0.770. The molecule has 0 aliphatic rings. The van der Waals surface area contributed by atoms with Crippen molar-refractivity contribution in [2.45, 2.75) is 53.6 Å². The minimum atomic E-state index is -0.635. The molecule has 144 valence electrons. The average Bonchev–Trinajstić information content (AvgIpc) is 2.56. The van der Waals surface area contributed by atoms with Crippen LogP contribution in [0.1, 0.15) is 50.3 Å². The van der Waals surface area contributed by atoms with Crippen LogP contribution in [0.3, 0.4) is 0 Å². The van der Waals surface area contributed by atoms with Gasteiger partial charge in [0.2, 0.25) is 5.91 Å². The molecule has 27 heavy (non-hydrogen) atoms. The first-order valence-electron chi connectivity index (χ1n) is 9.13. The maximum absolute atomic E-state index is 12.4. The molecule has 2 rings (SSSR count). The summed E-state index contributed by atoms with van der Waals surface area (Å²) in [6.07, 6.45) is -0.635. The minimum Gasteiger partial charge on any atom is -0.481 e. The molecule has 0 unspecified atom stereocenters. The number of ether oxygens (including phenoxy) is 1. The van der Waals surface area contributed by atoms with Crippen LogP contribution in [0.25, 0.3) is 0 Å². The summed E-state index contributed by atoms with van der Waals surface area (Å²) in [5.74, 6) is 0.767. The number of anilines is 2. The van der Waals surface area contributed by atoms with E-state index >= 15 is 0 Å². The zero-order valence-corrected chi connectivity index (χ0v) is 16.8. The Hall–Kier alpha value is -2.82. The third kappa shape index (κ3) is 5.58. The Bertz CT molecular complexity index is 843. The highest BCUT2D eigenvalue weighted by Gasteiger charge is 2.16. The number of nitrogens with one attached hydrogen (secondary N) is 2. The molecule has 0 heterocycles. The summed E-state index contributed by atoms with van der Waals surface area (Å²) >= 11 is 0. The number of carbonyl (C=O) groups is 2. The van der Waals surface area contributed by atoms with Gasteiger partial charge in [0.25, 0.3) is 5.91 Å². The monoisotopic (exact) mass is 368 g/mol. The molecule has 0 aromatic heterocycles. The SMILES string of the molecule is CC(=O)Nc1ccc(NC(=O)[C@H](C)Oc2ccc(C(C)C)c(C)c2)cc1C. The Labute approximate surface area is 161 Å². The average molecular weight is 368 g/mol. The first-order valence-corrected chi connectivity index (χ1v) is 9.13.